The molecule has 0 amide bonds. The molecule has 2 aliphatic rings. The zero-order chi connectivity index (χ0) is 27.7. The minimum atomic E-state index is -1.21. The number of ether oxygens (including phenoxy) is 2. The Morgan fingerprint density at radius 1 is 1.00 bits per heavy atom. The van der Waals surface area contributed by atoms with Crippen LogP contribution in [0.25, 0.3) is 11.1 Å². The molecular weight excluding hydrogens is 526 g/mol. The molecular formula is C30H41N5O4S. The summed E-state index contributed by atoms with van der Waals surface area (Å²) in [6, 6.07) is 16.8. The van der Waals surface area contributed by atoms with Gasteiger partial charge in [0.15, 0.2) is 5.82 Å². The lowest BCUT2D eigenvalue weighted by atomic mass is 9.98. The van der Waals surface area contributed by atoms with Gasteiger partial charge in [0, 0.05) is 38.6 Å². The van der Waals surface area contributed by atoms with Crippen molar-refractivity contribution in [3.8, 4) is 16.9 Å². The van der Waals surface area contributed by atoms with Gasteiger partial charge in [-0.3, -0.25) is 4.90 Å². The van der Waals surface area contributed by atoms with E-state index in [0.717, 1.165) is 99.3 Å². The van der Waals surface area contributed by atoms with E-state index in [-0.39, 0.29) is 5.92 Å². The average Bonchev–Trinajstić information content (AvgIpc) is 3.50. The van der Waals surface area contributed by atoms with Crippen LogP contribution >= 0.6 is 0 Å². The molecule has 0 aliphatic carbocycles. The van der Waals surface area contributed by atoms with Crippen molar-refractivity contribution in [3.05, 3.63) is 54.4 Å². The summed E-state index contributed by atoms with van der Waals surface area (Å²) in [5.74, 6) is 2.41. The Labute approximate surface area is 239 Å². The first-order valence-corrected chi connectivity index (χ1v) is 15.6. The zero-order valence-electron chi connectivity index (χ0n) is 23.6. The van der Waals surface area contributed by atoms with Gasteiger partial charge < -0.3 is 18.9 Å². The Balaban J connectivity index is 1.03. The molecule has 1 atom stereocenters. The van der Waals surface area contributed by atoms with Crippen molar-refractivity contribution in [1.82, 2.24) is 19.8 Å². The Morgan fingerprint density at radius 3 is 2.33 bits per heavy atom. The lowest BCUT2D eigenvalue weighted by molar-refractivity contribution is 0.0376. The standard InChI is InChI=1S/C30H41N5O4S/c1-23(2)29-32-30(39-33-29)35-16-12-24(13-17-35)22-38-27-8-4-25(5-9-27)26-6-10-28(11-7-26)40(36)31-14-3-15-34-18-20-37-21-19-34/h4-11,23-24,31H,3,12-22H2,1-2H3. The Hall–Kier alpha value is -2.79. The van der Waals surface area contributed by atoms with E-state index >= 15 is 0 Å². The normalized spacial score (nSPS) is 17.8. The molecule has 0 saturated carbocycles. The van der Waals surface area contributed by atoms with Crippen LogP contribution in [0, 0.1) is 5.92 Å². The van der Waals surface area contributed by atoms with Gasteiger partial charge >= 0.3 is 6.01 Å². The van der Waals surface area contributed by atoms with E-state index < -0.39 is 11.0 Å². The molecule has 5 rings (SSSR count). The highest BCUT2D eigenvalue weighted by atomic mass is 32.2. The number of morpholine rings is 1. The van der Waals surface area contributed by atoms with Crippen molar-refractivity contribution in [2.45, 2.75) is 43.9 Å². The number of rotatable bonds is 12. The van der Waals surface area contributed by atoms with Crippen molar-refractivity contribution in [3.63, 3.8) is 0 Å². The first-order chi connectivity index (χ1) is 19.5. The summed E-state index contributed by atoms with van der Waals surface area (Å²) in [6.45, 7) is 12.0. The van der Waals surface area contributed by atoms with Gasteiger partial charge in [-0.15, -0.1) is 0 Å². The molecule has 0 radical (unpaired) electrons. The van der Waals surface area contributed by atoms with Crippen LogP contribution in [-0.2, 0) is 15.7 Å². The van der Waals surface area contributed by atoms with Crippen LogP contribution in [0.2, 0.25) is 0 Å². The molecule has 2 fully saturated rings. The molecule has 216 valence electrons. The second kappa shape index (κ2) is 14.2. The molecule has 0 spiro atoms. The van der Waals surface area contributed by atoms with Crippen molar-refractivity contribution < 1.29 is 18.2 Å². The molecule has 0 bridgehead atoms. The predicted molar refractivity (Wildman–Crippen MR) is 157 cm³/mol. The Morgan fingerprint density at radius 2 is 1.68 bits per heavy atom. The first-order valence-electron chi connectivity index (χ1n) is 14.4. The van der Waals surface area contributed by atoms with E-state index in [1.807, 2.05) is 36.4 Å². The molecule has 3 heterocycles. The second-order valence-corrected chi connectivity index (χ2v) is 12.1. The highest BCUT2D eigenvalue weighted by Gasteiger charge is 2.24. The minimum absolute atomic E-state index is 0.267. The summed E-state index contributed by atoms with van der Waals surface area (Å²) in [5, 5.41) is 4.08. The van der Waals surface area contributed by atoms with Crippen LogP contribution in [0.5, 0.6) is 5.75 Å². The van der Waals surface area contributed by atoms with E-state index in [0.29, 0.717) is 18.5 Å². The van der Waals surface area contributed by atoms with Gasteiger partial charge in [0.2, 0.25) is 0 Å². The molecule has 2 saturated heterocycles. The molecule has 10 heteroatoms. The number of hydrogen-bond acceptors (Lipinski definition) is 8. The fourth-order valence-corrected chi connectivity index (χ4v) is 5.86. The van der Waals surface area contributed by atoms with Gasteiger partial charge in [-0.1, -0.05) is 43.3 Å². The summed E-state index contributed by atoms with van der Waals surface area (Å²) >= 11 is 0. The van der Waals surface area contributed by atoms with Crippen molar-refractivity contribution in [2.75, 3.05) is 64.0 Å². The largest absolute Gasteiger partial charge is 0.493 e. The topological polar surface area (TPSA) is 93.0 Å². The second-order valence-electron chi connectivity index (χ2n) is 10.9. The maximum atomic E-state index is 12.6. The summed E-state index contributed by atoms with van der Waals surface area (Å²) in [6.07, 6.45) is 3.04. The Bertz CT molecular complexity index is 1200. The monoisotopic (exact) mass is 567 g/mol. The molecule has 1 N–H and O–H groups in total. The third kappa shape index (κ3) is 7.90. The number of anilines is 1. The van der Waals surface area contributed by atoms with E-state index in [1.165, 1.54) is 0 Å². The number of aromatic nitrogens is 2. The molecule has 3 aromatic rings. The predicted octanol–water partition coefficient (Wildman–Crippen LogP) is 4.49. The quantitative estimate of drug-likeness (QED) is 0.320. The fraction of sp³-hybridized carbons (Fsp3) is 0.533. The number of nitrogens with zero attached hydrogens (tertiary/aromatic N) is 4. The highest BCUT2D eigenvalue weighted by Crippen LogP contribution is 2.26. The number of benzene rings is 2. The SMILES string of the molecule is CC(C)c1noc(N2CCC(COc3ccc(-c4ccc(S(=O)NCCCN5CCOCC5)cc4)cc3)CC2)n1. The minimum Gasteiger partial charge on any atom is -0.493 e. The lowest BCUT2D eigenvalue weighted by Crippen LogP contribution is -2.37. The first kappa shape index (κ1) is 28.7. The van der Waals surface area contributed by atoms with Crippen molar-refractivity contribution >= 4 is 17.0 Å². The van der Waals surface area contributed by atoms with E-state index in [9.17, 15) is 4.21 Å². The fourth-order valence-electron chi connectivity index (χ4n) is 4.98. The van der Waals surface area contributed by atoms with E-state index in [1.54, 1.807) is 0 Å². The number of hydrogen-bond donors (Lipinski definition) is 1. The number of piperidine rings is 1. The van der Waals surface area contributed by atoms with Crippen molar-refractivity contribution in [2.24, 2.45) is 5.92 Å². The molecule has 40 heavy (non-hydrogen) atoms. The van der Waals surface area contributed by atoms with Crippen LogP contribution in [-0.4, -0.2) is 78.3 Å². The van der Waals surface area contributed by atoms with Crippen molar-refractivity contribution in [1.29, 1.82) is 0 Å². The van der Waals surface area contributed by atoms with Crippen LogP contribution < -0.4 is 14.4 Å². The van der Waals surface area contributed by atoms with Crippen LogP contribution in [0.4, 0.5) is 6.01 Å². The van der Waals surface area contributed by atoms with E-state index in [4.69, 9.17) is 14.0 Å². The van der Waals surface area contributed by atoms with Crippen LogP contribution in [0.15, 0.2) is 57.9 Å². The maximum absolute atomic E-state index is 12.6. The zero-order valence-corrected chi connectivity index (χ0v) is 24.4. The highest BCUT2D eigenvalue weighted by molar-refractivity contribution is 7.83. The summed E-state index contributed by atoms with van der Waals surface area (Å²) in [4.78, 5) is 9.88. The third-order valence-electron chi connectivity index (χ3n) is 7.56. The number of nitrogens with one attached hydrogen (secondary N) is 1. The third-order valence-corrected chi connectivity index (χ3v) is 8.73. The summed E-state index contributed by atoms with van der Waals surface area (Å²) in [7, 11) is -1.21. The van der Waals surface area contributed by atoms with Gasteiger partial charge in [-0.2, -0.15) is 4.98 Å². The molecule has 2 aliphatic heterocycles. The molecule has 1 unspecified atom stereocenters. The molecule has 2 aromatic carbocycles. The van der Waals surface area contributed by atoms with Crippen LogP contribution in [0.1, 0.15) is 44.9 Å². The molecule has 9 nitrogen and oxygen atoms in total. The van der Waals surface area contributed by atoms with E-state index in [2.05, 4.69) is 50.6 Å². The maximum Gasteiger partial charge on any atom is 0.324 e. The van der Waals surface area contributed by atoms with Gasteiger partial charge in [0.05, 0.1) is 24.7 Å². The van der Waals surface area contributed by atoms with Gasteiger partial charge in [-0.05, 0) is 67.1 Å². The van der Waals surface area contributed by atoms with Gasteiger partial charge in [0.1, 0.15) is 16.7 Å². The summed E-state index contributed by atoms with van der Waals surface area (Å²) in [5.41, 5.74) is 2.20. The summed E-state index contributed by atoms with van der Waals surface area (Å²) < 4.78 is 32.7. The van der Waals surface area contributed by atoms with Crippen LogP contribution in [0.3, 0.4) is 0 Å². The average molecular weight is 568 g/mol. The van der Waals surface area contributed by atoms with Gasteiger partial charge in [0.25, 0.3) is 0 Å². The smallest absolute Gasteiger partial charge is 0.324 e. The molecule has 1 aromatic heterocycles. The lowest BCUT2D eigenvalue weighted by Gasteiger charge is -2.30. The van der Waals surface area contributed by atoms with Gasteiger partial charge in [-0.25, -0.2) is 8.93 Å². The Kier molecular flexibility index (Phi) is 10.2.